The molecule has 2 aromatic carbocycles. The highest BCUT2D eigenvalue weighted by Crippen LogP contribution is 2.31. The molecule has 3 rings (SSSR count). The Morgan fingerprint density at radius 2 is 1.96 bits per heavy atom. The Balaban J connectivity index is 1.71. The number of carbonyl (C=O) groups excluding carboxylic acids is 2. The fourth-order valence-corrected chi connectivity index (χ4v) is 3.99. The zero-order valence-electron chi connectivity index (χ0n) is 14.7. The first kappa shape index (κ1) is 17.5. The van der Waals surface area contributed by atoms with Crippen LogP contribution in [0.1, 0.15) is 27.0 Å². The third-order valence-corrected chi connectivity index (χ3v) is 5.53. The summed E-state index contributed by atoms with van der Waals surface area (Å²) in [5, 5.41) is 0. The van der Waals surface area contributed by atoms with Gasteiger partial charge in [0.2, 0.25) is 5.91 Å². The van der Waals surface area contributed by atoms with Crippen molar-refractivity contribution in [2.45, 2.75) is 25.2 Å². The van der Waals surface area contributed by atoms with Crippen LogP contribution in [0.4, 0.5) is 5.69 Å². The molecule has 1 heterocycles. The van der Waals surface area contributed by atoms with E-state index < -0.39 is 0 Å². The predicted molar refractivity (Wildman–Crippen MR) is 100 cm³/mol. The maximum absolute atomic E-state index is 12.7. The van der Waals surface area contributed by atoms with Crippen LogP contribution in [0, 0.1) is 13.8 Å². The normalized spacial score (nSPS) is 12.8. The van der Waals surface area contributed by atoms with Gasteiger partial charge >= 0.3 is 5.97 Å². The van der Waals surface area contributed by atoms with E-state index in [9.17, 15) is 9.59 Å². The van der Waals surface area contributed by atoms with Gasteiger partial charge < -0.3 is 9.64 Å². The molecule has 0 bridgehead atoms. The van der Waals surface area contributed by atoms with Crippen molar-refractivity contribution >= 4 is 29.3 Å². The lowest BCUT2D eigenvalue weighted by Crippen LogP contribution is -2.30. The van der Waals surface area contributed by atoms with Gasteiger partial charge in [-0.15, -0.1) is 11.8 Å². The number of nitrogens with zero attached hydrogens (tertiary/aromatic N) is 1. The summed E-state index contributed by atoms with van der Waals surface area (Å²) < 4.78 is 4.76. The number of hydrogen-bond acceptors (Lipinski definition) is 4. The number of aryl methyl sites for hydroxylation is 2. The maximum atomic E-state index is 12.7. The summed E-state index contributed by atoms with van der Waals surface area (Å²) in [5.74, 6) is 0.149. The number of anilines is 1. The Labute approximate surface area is 152 Å². The van der Waals surface area contributed by atoms with E-state index in [1.165, 1.54) is 18.2 Å². The van der Waals surface area contributed by atoms with E-state index >= 15 is 0 Å². The number of esters is 1. The van der Waals surface area contributed by atoms with Crippen LogP contribution in [-0.2, 0) is 16.0 Å². The molecule has 0 saturated carbocycles. The van der Waals surface area contributed by atoms with E-state index in [2.05, 4.69) is 32.0 Å². The zero-order valence-corrected chi connectivity index (χ0v) is 15.5. The van der Waals surface area contributed by atoms with Crippen LogP contribution in [0.5, 0.6) is 0 Å². The van der Waals surface area contributed by atoms with E-state index in [1.807, 2.05) is 17.0 Å². The van der Waals surface area contributed by atoms with Gasteiger partial charge in [-0.1, -0.05) is 17.7 Å². The fourth-order valence-electron chi connectivity index (χ4n) is 2.99. The lowest BCUT2D eigenvalue weighted by molar-refractivity contribution is -0.116. The van der Waals surface area contributed by atoms with Gasteiger partial charge in [0.1, 0.15) is 0 Å². The average Bonchev–Trinajstić information content (AvgIpc) is 3.04. The molecule has 0 unspecified atom stereocenters. The molecule has 25 heavy (non-hydrogen) atoms. The number of ether oxygens (including phenoxy) is 1. The van der Waals surface area contributed by atoms with Crippen LogP contribution in [0.2, 0.25) is 0 Å². The number of benzene rings is 2. The van der Waals surface area contributed by atoms with Gasteiger partial charge in [-0.2, -0.15) is 0 Å². The molecule has 0 saturated heterocycles. The molecule has 0 aliphatic carbocycles. The zero-order chi connectivity index (χ0) is 18.0. The first-order valence-electron chi connectivity index (χ1n) is 8.21. The molecule has 0 atom stereocenters. The summed E-state index contributed by atoms with van der Waals surface area (Å²) in [6, 6.07) is 11.7. The minimum Gasteiger partial charge on any atom is -0.465 e. The van der Waals surface area contributed by atoms with Crippen molar-refractivity contribution in [3.8, 4) is 0 Å². The molecule has 0 aromatic heterocycles. The highest BCUT2D eigenvalue weighted by molar-refractivity contribution is 8.00. The van der Waals surface area contributed by atoms with Crippen LogP contribution in [0.15, 0.2) is 41.3 Å². The number of carbonyl (C=O) groups is 2. The van der Waals surface area contributed by atoms with Crippen molar-refractivity contribution in [3.63, 3.8) is 0 Å². The van der Waals surface area contributed by atoms with Crippen molar-refractivity contribution in [2.24, 2.45) is 0 Å². The quantitative estimate of drug-likeness (QED) is 0.619. The molecule has 4 nitrogen and oxygen atoms in total. The SMILES string of the molecule is COC(=O)c1ccc2c(c1)CCN2C(=O)CSc1cc(C)ccc1C. The molecule has 1 aliphatic rings. The fraction of sp³-hybridized carbons (Fsp3) is 0.300. The summed E-state index contributed by atoms with van der Waals surface area (Å²) in [4.78, 5) is 27.3. The molecule has 0 fully saturated rings. The summed E-state index contributed by atoms with van der Waals surface area (Å²) in [5.41, 5.74) is 4.84. The van der Waals surface area contributed by atoms with Gasteiger partial charge in [0, 0.05) is 17.1 Å². The summed E-state index contributed by atoms with van der Waals surface area (Å²) in [6.45, 7) is 4.78. The molecule has 130 valence electrons. The second kappa shape index (κ2) is 7.31. The average molecular weight is 355 g/mol. The van der Waals surface area contributed by atoms with Crippen LogP contribution in [-0.4, -0.2) is 31.3 Å². The van der Waals surface area contributed by atoms with Crippen molar-refractivity contribution in [2.75, 3.05) is 24.3 Å². The lowest BCUT2D eigenvalue weighted by atomic mass is 10.1. The maximum Gasteiger partial charge on any atom is 0.337 e. The summed E-state index contributed by atoms with van der Waals surface area (Å²) in [6.07, 6.45) is 0.764. The van der Waals surface area contributed by atoms with Crippen LogP contribution >= 0.6 is 11.8 Å². The monoisotopic (exact) mass is 355 g/mol. The second-order valence-corrected chi connectivity index (χ2v) is 7.21. The van der Waals surface area contributed by atoms with Crippen LogP contribution in [0.25, 0.3) is 0 Å². The molecule has 0 N–H and O–H groups in total. The van der Waals surface area contributed by atoms with E-state index in [-0.39, 0.29) is 11.9 Å². The molecule has 1 amide bonds. The van der Waals surface area contributed by atoms with Crippen molar-refractivity contribution in [1.29, 1.82) is 0 Å². The second-order valence-electron chi connectivity index (χ2n) is 6.19. The first-order chi connectivity index (χ1) is 12.0. The molecular formula is C20H21NO3S. The Morgan fingerprint density at radius 1 is 1.16 bits per heavy atom. The lowest BCUT2D eigenvalue weighted by Gasteiger charge is -2.17. The van der Waals surface area contributed by atoms with Gasteiger partial charge in [-0.05, 0) is 55.7 Å². The Morgan fingerprint density at radius 3 is 2.72 bits per heavy atom. The number of hydrogen-bond donors (Lipinski definition) is 0. The highest BCUT2D eigenvalue weighted by atomic mass is 32.2. The molecule has 0 radical (unpaired) electrons. The van der Waals surface area contributed by atoms with Gasteiger partial charge in [0.15, 0.2) is 0 Å². The van der Waals surface area contributed by atoms with E-state index in [0.717, 1.165) is 22.6 Å². The van der Waals surface area contributed by atoms with Crippen LogP contribution < -0.4 is 4.90 Å². The summed E-state index contributed by atoms with van der Waals surface area (Å²) in [7, 11) is 1.37. The molecule has 2 aromatic rings. The van der Waals surface area contributed by atoms with E-state index in [4.69, 9.17) is 4.74 Å². The first-order valence-corrected chi connectivity index (χ1v) is 9.20. The minimum absolute atomic E-state index is 0.0930. The predicted octanol–water partition coefficient (Wildman–Crippen LogP) is 3.77. The Hall–Kier alpha value is -2.27. The standard InChI is InChI=1S/C20H21NO3S/c1-13-4-5-14(2)18(10-13)25-12-19(22)21-9-8-15-11-16(20(23)24-3)6-7-17(15)21/h4-7,10-11H,8-9,12H2,1-3H3. The smallest absolute Gasteiger partial charge is 0.337 e. The van der Waals surface area contributed by atoms with Crippen LogP contribution in [0.3, 0.4) is 0 Å². The topological polar surface area (TPSA) is 46.6 Å². The van der Waals surface area contributed by atoms with Gasteiger partial charge in [0.05, 0.1) is 18.4 Å². The molecular weight excluding hydrogens is 334 g/mol. The number of thioether (sulfide) groups is 1. The van der Waals surface area contributed by atoms with Crippen molar-refractivity contribution < 1.29 is 14.3 Å². The van der Waals surface area contributed by atoms with Crippen molar-refractivity contribution in [1.82, 2.24) is 0 Å². The molecule has 0 spiro atoms. The van der Waals surface area contributed by atoms with Gasteiger partial charge in [-0.25, -0.2) is 4.79 Å². The third-order valence-electron chi connectivity index (χ3n) is 4.39. The van der Waals surface area contributed by atoms with E-state index in [0.29, 0.717) is 17.9 Å². The highest BCUT2D eigenvalue weighted by Gasteiger charge is 2.25. The molecule has 1 aliphatic heterocycles. The third kappa shape index (κ3) is 3.71. The van der Waals surface area contributed by atoms with Crippen molar-refractivity contribution in [3.05, 3.63) is 58.7 Å². The number of methoxy groups -OCH3 is 1. The number of amides is 1. The largest absolute Gasteiger partial charge is 0.465 e. The van der Waals surface area contributed by atoms with E-state index in [1.54, 1.807) is 17.8 Å². The Bertz CT molecular complexity index is 832. The minimum atomic E-state index is -0.349. The number of rotatable bonds is 4. The van der Waals surface area contributed by atoms with Gasteiger partial charge in [0.25, 0.3) is 0 Å². The summed E-state index contributed by atoms with van der Waals surface area (Å²) >= 11 is 1.58. The number of fused-ring (bicyclic) bond motifs is 1. The molecule has 5 heteroatoms. The van der Waals surface area contributed by atoms with Gasteiger partial charge in [-0.3, -0.25) is 4.79 Å². The Kier molecular flexibility index (Phi) is 5.13.